The third kappa shape index (κ3) is 3.35. The summed E-state index contributed by atoms with van der Waals surface area (Å²) in [7, 11) is 0. The second-order valence-corrected chi connectivity index (χ2v) is 5.50. The number of hydrogen-bond donors (Lipinski definition) is 1. The standard InChI is InChI=1S/C19H16F2N2O/c1-13(17-9-6-15(20)12-18(17)21)22-19(24)14-4-7-16(8-5-14)23-10-2-3-11-23/h2-13H,1H3,(H,22,24). The van der Waals surface area contributed by atoms with Gasteiger partial charge in [0.2, 0.25) is 0 Å². The molecule has 1 aromatic heterocycles. The average molecular weight is 326 g/mol. The Balaban J connectivity index is 1.72. The Labute approximate surface area is 138 Å². The molecule has 122 valence electrons. The molecule has 1 unspecified atom stereocenters. The number of amides is 1. The molecule has 0 aliphatic carbocycles. The van der Waals surface area contributed by atoms with Crippen LogP contribution in [0.3, 0.4) is 0 Å². The predicted molar refractivity (Wildman–Crippen MR) is 88.0 cm³/mol. The van der Waals surface area contributed by atoms with Crippen molar-refractivity contribution < 1.29 is 13.6 Å². The summed E-state index contributed by atoms with van der Waals surface area (Å²) in [6.07, 6.45) is 3.82. The number of carbonyl (C=O) groups is 1. The molecule has 1 amide bonds. The number of carbonyl (C=O) groups excluding carboxylic acids is 1. The molecular weight excluding hydrogens is 310 g/mol. The van der Waals surface area contributed by atoms with Gasteiger partial charge in [-0.1, -0.05) is 6.07 Å². The second-order valence-electron chi connectivity index (χ2n) is 5.50. The minimum absolute atomic E-state index is 0.244. The van der Waals surface area contributed by atoms with Crippen LogP contribution in [0.5, 0.6) is 0 Å². The third-order valence-corrected chi connectivity index (χ3v) is 3.81. The maximum Gasteiger partial charge on any atom is 0.251 e. The normalized spacial score (nSPS) is 12.0. The molecule has 1 atom stereocenters. The largest absolute Gasteiger partial charge is 0.345 e. The van der Waals surface area contributed by atoms with Crippen LogP contribution in [0.25, 0.3) is 5.69 Å². The first-order chi connectivity index (χ1) is 11.5. The van der Waals surface area contributed by atoms with Crippen LogP contribution in [0.4, 0.5) is 8.78 Å². The number of rotatable bonds is 4. The molecule has 0 saturated heterocycles. The average Bonchev–Trinajstić information content (AvgIpc) is 3.09. The highest BCUT2D eigenvalue weighted by Gasteiger charge is 2.15. The number of halogens is 2. The molecule has 0 aliphatic heterocycles. The van der Waals surface area contributed by atoms with Crippen molar-refractivity contribution in [2.75, 3.05) is 0 Å². The van der Waals surface area contributed by atoms with Crippen LogP contribution in [-0.4, -0.2) is 10.5 Å². The summed E-state index contributed by atoms with van der Waals surface area (Å²) < 4.78 is 28.7. The van der Waals surface area contributed by atoms with Crippen LogP contribution < -0.4 is 5.32 Å². The Kier molecular flexibility index (Phi) is 4.42. The number of benzene rings is 2. The number of nitrogens with zero attached hydrogens (tertiary/aromatic N) is 1. The topological polar surface area (TPSA) is 34.0 Å². The van der Waals surface area contributed by atoms with Crippen LogP contribution in [0, 0.1) is 11.6 Å². The van der Waals surface area contributed by atoms with E-state index in [-0.39, 0.29) is 11.5 Å². The van der Waals surface area contributed by atoms with Crippen LogP contribution in [0.1, 0.15) is 28.9 Å². The Morgan fingerprint density at radius 1 is 1.04 bits per heavy atom. The van der Waals surface area contributed by atoms with Gasteiger partial charge in [-0.05, 0) is 49.4 Å². The molecule has 3 nitrogen and oxygen atoms in total. The summed E-state index contributed by atoms with van der Waals surface area (Å²) >= 11 is 0. The molecule has 0 bridgehead atoms. The minimum atomic E-state index is -0.675. The number of hydrogen-bond acceptors (Lipinski definition) is 1. The molecule has 24 heavy (non-hydrogen) atoms. The lowest BCUT2D eigenvalue weighted by molar-refractivity contribution is 0.0939. The van der Waals surface area contributed by atoms with Gasteiger partial charge in [-0.2, -0.15) is 0 Å². The molecule has 3 rings (SSSR count). The number of aromatic nitrogens is 1. The van der Waals surface area contributed by atoms with Gasteiger partial charge in [-0.3, -0.25) is 4.79 Å². The first-order valence-corrected chi connectivity index (χ1v) is 7.54. The van der Waals surface area contributed by atoms with Crippen molar-refractivity contribution in [2.24, 2.45) is 0 Å². The molecule has 0 saturated carbocycles. The monoisotopic (exact) mass is 326 g/mol. The van der Waals surface area contributed by atoms with E-state index in [1.165, 1.54) is 12.1 Å². The molecule has 0 spiro atoms. The van der Waals surface area contributed by atoms with Crippen LogP contribution in [0.2, 0.25) is 0 Å². The molecule has 0 radical (unpaired) electrons. The fourth-order valence-corrected chi connectivity index (χ4v) is 2.50. The van der Waals surface area contributed by atoms with Gasteiger partial charge < -0.3 is 9.88 Å². The summed E-state index contributed by atoms with van der Waals surface area (Å²) in [6, 6.07) is 13.7. The third-order valence-electron chi connectivity index (χ3n) is 3.81. The van der Waals surface area contributed by atoms with Crippen molar-refractivity contribution in [1.82, 2.24) is 9.88 Å². The fourth-order valence-electron chi connectivity index (χ4n) is 2.50. The van der Waals surface area contributed by atoms with Gasteiger partial charge in [-0.25, -0.2) is 8.78 Å². The molecule has 0 fully saturated rings. The minimum Gasteiger partial charge on any atom is -0.345 e. The Bertz CT molecular complexity index is 842. The number of nitrogens with one attached hydrogen (secondary N) is 1. The molecule has 2 aromatic carbocycles. The zero-order chi connectivity index (χ0) is 17.1. The van der Waals surface area contributed by atoms with E-state index in [1.807, 2.05) is 41.2 Å². The van der Waals surface area contributed by atoms with Crippen LogP contribution in [0.15, 0.2) is 67.0 Å². The lowest BCUT2D eigenvalue weighted by atomic mass is 10.1. The van der Waals surface area contributed by atoms with Crippen LogP contribution in [-0.2, 0) is 0 Å². The van der Waals surface area contributed by atoms with E-state index in [0.717, 1.165) is 11.8 Å². The Morgan fingerprint density at radius 2 is 1.71 bits per heavy atom. The smallest absolute Gasteiger partial charge is 0.251 e. The zero-order valence-corrected chi connectivity index (χ0v) is 13.0. The molecule has 0 aliphatic rings. The van der Waals surface area contributed by atoms with Gasteiger partial charge in [0.15, 0.2) is 0 Å². The van der Waals surface area contributed by atoms with E-state index >= 15 is 0 Å². The summed E-state index contributed by atoms with van der Waals surface area (Å²) in [5.41, 5.74) is 1.66. The van der Waals surface area contributed by atoms with Crippen molar-refractivity contribution in [2.45, 2.75) is 13.0 Å². The summed E-state index contributed by atoms with van der Waals surface area (Å²) in [5, 5.41) is 2.72. The molecule has 1 N–H and O–H groups in total. The maximum atomic E-state index is 13.8. The summed E-state index contributed by atoms with van der Waals surface area (Å²) in [6.45, 7) is 1.66. The van der Waals surface area contributed by atoms with Crippen molar-refractivity contribution in [3.63, 3.8) is 0 Å². The molecular formula is C19H16F2N2O. The summed E-state index contributed by atoms with van der Waals surface area (Å²) in [4.78, 5) is 12.3. The molecule has 3 aromatic rings. The van der Waals surface area contributed by atoms with E-state index in [1.54, 1.807) is 19.1 Å². The van der Waals surface area contributed by atoms with E-state index < -0.39 is 17.7 Å². The highest BCUT2D eigenvalue weighted by atomic mass is 19.1. The maximum absolute atomic E-state index is 13.8. The van der Waals surface area contributed by atoms with Gasteiger partial charge in [-0.15, -0.1) is 0 Å². The molecule has 5 heteroatoms. The fraction of sp³-hybridized carbons (Fsp3) is 0.105. The Morgan fingerprint density at radius 3 is 2.33 bits per heavy atom. The first-order valence-electron chi connectivity index (χ1n) is 7.54. The van der Waals surface area contributed by atoms with Gasteiger partial charge in [0.25, 0.3) is 5.91 Å². The van der Waals surface area contributed by atoms with E-state index in [9.17, 15) is 13.6 Å². The van der Waals surface area contributed by atoms with Crippen molar-refractivity contribution >= 4 is 5.91 Å². The van der Waals surface area contributed by atoms with Gasteiger partial charge in [0, 0.05) is 35.3 Å². The highest BCUT2D eigenvalue weighted by Crippen LogP contribution is 2.18. The zero-order valence-electron chi connectivity index (χ0n) is 13.0. The predicted octanol–water partition coefficient (Wildman–Crippen LogP) is 4.25. The van der Waals surface area contributed by atoms with Crippen LogP contribution >= 0.6 is 0 Å². The highest BCUT2D eigenvalue weighted by molar-refractivity contribution is 5.94. The van der Waals surface area contributed by atoms with Crippen molar-refractivity contribution in [3.05, 3.63) is 89.8 Å². The van der Waals surface area contributed by atoms with Gasteiger partial charge >= 0.3 is 0 Å². The quantitative estimate of drug-likeness (QED) is 0.764. The molecule has 1 heterocycles. The van der Waals surface area contributed by atoms with Gasteiger partial charge in [0.05, 0.1) is 6.04 Å². The van der Waals surface area contributed by atoms with Gasteiger partial charge in [0.1, 0.15) is 11.6 Å². The SMILES string of the molecule is CC(NC(=O)c1ccc(-n2cccc2)cc1)c1ccc(F)cc1F. The van der Waals surface area contributed by atoms with E-state index in [0.29, 0.717) is 5.56 Å². The van der Waals surface area contributed by atoms with Crippen molar-refractivity contribution in [3.8, 4) is 5.69 Å². The lowest BCUT2D eigenvalue weighted by Gasteiger charge is -2.15. The first kappa shape index (κ1) is 15.9. The van der Waals surface area contributed by atoms with E-state index in [4.69, 9.17) is 0 Å². The van der Waals surface area contributed by atoms with E-state index in [2.05, 4.69) is 5.32 Å². The summed E-state index contributed by atoms with van der Waals surface area (Å²) in [5.74, 6) is -1.63. The lowest BCUT2D eigenvalue weighted by Crippen LogP contribution is -2.27. The Hall–Kier alpha value is -2.95. The second kappa shape index (κ2) is 6.66. The van der Waals surface area contributed by atoms with Crippen molar-refractivity contribution in [1.29, 1.82) is 0 Å².